The van der Waals surface area contributed by atoms with Crippen LogP contribution in [-0.2, 0) is 15.1 Å². The molecule has 0 aliphatic carbocycles. The molecule has 2 aromatic carbocycles. The first-order chi connectivity index (χ1) is 11.9. The van der Waals surface area contributed by atoms with E-state index in [0.717, 1.165) is 10.5 Å². The third kappa shape index (κ3) is 3.24. The maximum absolute atomic E-state index is 12.7. The molecule has 1 fully saturated rings. The molecule has 25 heavy (non-hydrogen) atoms. The predicted molar refractivity (Wildman–Crippen MR) is 93.8 cm³/mol. The fraction of sp³-hybridized carbons (Fsp3) is 0.211. The van der Waals surface area contributed by atoms with Crippen LogP contribution in [0.4, 0.5) is 10.5 Å². The summed E-state index contributed by atoms with van der Waals surface area (Å²) < 4.78 is 0. The lowest BCUT2D eigenvalue weighted by Crippen LogP contribution is -2.42. The van der Waals surface area contributed by atoms with Crippen LogP contribution in [0, 0.1) is 6.92 Å². The van der Waals surface area contributed by atoms with E-state index in [1.165, 1.54) is 0 Å². The molecule has 1 saturated heterocycles. The zero-order valence-electron chi connectivity index (χ0n) is 14.1. The molecule has 0 unspecified atom stereocenters. The Hall–Kier alpha value is -3.15. The first-order valence-electron chi connectivity index (χ1n) is 7.96. The van der Waals surface area contributed by atoms with Gasteiger partial charge in [-0.3, -0.25) is 14.5 Å². The monoisotopic (exact) mass is 337 g/mol. The lowest BCUT2D eigenvalue weighted by atomic mass is 9.92. The van der Waals surface area contributed by atoms with Crippen molar-refractivity contribution in [2.75, 3.05) is 11.9 Å². The molecule has 128 valence electrons. The average Bonchev–Trinajstić information content (AvgIpc) is 2.82. The number of amides is 4. The summed E-state index contributed by atoms with van der Waals surface area (Å²) in [6.45, 7) is 3.25. The molecule has 0 bridgehead atoms. The van der Waals surface area contributed by atoms with Gasteiger partial charge in [0, 0.05) is 5.69 Å². The number of hydrogen-bond donors (Lipinski definition) is 2. The van der Waals surface area contributed by atoms with Gasteiger partial charge in [0.2, 0.25) is 5.91 Å². The standard InChI is InChI=1S/C19H19N3O3/c1-13-8-10-15(11-9-13)20-16(23)12-22-17(24)19(2,21-18(22)25)14-6-4-3-5-7-14/h3-11H,12H2,1-2H3,(H,20,23)(H,21,25)/t19-/m1/s1. The molecular formula is C19H19N3O3. The molecule has 0 radical (unpaired) electrons. The normalized spacial score (nSPS) is 19.7. The van der Waals surface area contributed by atoms with Crippen LogP contribution in [0.15, 0.2) is 54.6 Å². The third-order valence-electron chi connectivity index (χ3n) is 4.26. The van der Waals surface area contributed by atoms with Crippen molar-refractivity contribution in [3.8, 4) is 0 Å². The number of carbonyl (C=O) groups excluding carboxylic acids is 3. The Balaban J connectivity index is 1.72. The van der Waals surface area contributed by atoms with Gasteiger partial charge in [-0.2, -0.15) is 0 Å². The molecule has 0 saturated carbocycles. The van der Waals surface area contributed by atoms with Gasteiger partial charge in [-0.25, -0.2) is 4.79 Å². The maximum Gasteiger partial charge on any atom is 0.325 e. The first kappa shape index (κ1) is 16.7. The molecule has 6 nitrogen and oxygen atoms in total. The van der Waals surface area contributed by atoms with Gasteiger partial charge in [-0.05, 0) is 31.5 Å². The van der Waals surface area contributed by atoms with Gasteiger partial charge in [0.15, 0.2) is 0 Å². The average molecular weight is 337 g/mol. The predicted octanol–water partition coefficient (Wildman–Crippen LogP) is 2.40. The number of nitrogens with zero attached hydrogens (tertiary/aromatic N) is 1. The topological polar surface area (TPSA) is 78.5 Å². The Labute approximate surface area is 145 Å². The number of imide groups is 1. The van der Waals surface area contributed by atoms with Crippen molar-refractivity contribution < 1.29 is 14.4 Å². The summed E-state index contributed by atoms with van der Waals surface area (Å²) in [5.74, 6) is -0.868. The summed E-state index contributed by atoms with van der Waals surface area (Å²) in [5, 5.41) is 5.37. The van der Waals surface area contributed by atoms with Gasteiger partial charge in [0.05, 0.1) is 0 Å². The smallest absolute Gasteiger partial charge is 0.325 e. The highest BCUT2D eigenvalue weighted by molar-refractivity contribution is 6.10. The van der Waals surface area contributed by atoms with Crippen LogP contribution in [0.2, 0.25) is 0 Å². The largest absolute Gasteiger partial charge is 0.325 e. The first-order valence-corrected chi connectivity index (χ1v) is 7.96. The molecule has 1 atom stereocenters. The SMILES string of the molecule is Cc1ccc(NC(=O)CN2C(=O)N[C@](C)(c3ccccc3)C2=O)cc1. The zero-order valence-corrected chi connectivity index (χ0v) is 14.1. The molecule has 2 N–H and O–H groups in total. The quantitative estimate of drug-likeness (QED) is 0.841. The van der Waals surface area contributed by atoms with Crippen LogP contribution < -0.4 is 10.6 Å². The number of benzene rings is 2. The molecule has 4 amide bonds. The fourth-order valence-corrected chi connectivity index (χ4v) is 2.79. The van der Waals surface area contributed by atoms with Crippen LogP contribution in [-0.4, -0.2) is 29.3 Å². The van der Waals surface area contributed by atoms with Crippen molar-refractivity contribution >= 4 is 23.5 Å². The minimum atomic E-state index is -1.16. The van der Waals surface area contributed by atoms with E-state index >= 15 is 0 Å². The number of anilines is 1. The molecule has 1 heterocycles. The van der Waals surface area contributed by atoms with Gasteiger partial charge >= 0.3 is 6.03 Å². The molecule has 2 aromatic rings. The second-order valence-corrected chi connectivity index (χ2v) is 6.23. The van der Waals surface area contributed by atoms with Crippen LogP contribution in [0.3, 0.4) is 0 Å². The fourth-order valence-electron chi connectivity index (χ4n) is 2.79. The minimum absolute atomic E-state index is 0.332. The second-order valence-electron chi connectivity index (χ2n) is 6.23. The second kappa shape index (κ2) is 6.39. The Morgan fingerprint density at radius 2 is 1.72 bits per heavy atom. The Morgan fingerprint density at radius 3 is 2.36 bits per heavy atom. The van der Waals surface area contributed by atoms with Crippen LogP contribution in [0.25, 0.3) is 0 Å². The lowest BCUT2D eigenvalue weighted by molar-refractivity contribution is -0.133. The van der Waals surface area contributed by atoms with E-state index in [9.17, 15) is 14.4 Å². The molecular weight excluding hydrogens is 318 g/mol. The van der Waals surface area contributed by atoms with E-state index in [1.54, 1.807) is 43.3 Å². The zero-order chi connectivity index (χ0) is 18.0. The highest BCUT2D eigenvalue weighted by Crippen LogP contribution is 2.28. The highest BCUT2D eigenvalue weighted by atomic mass is 16.2. The van der Waals surface area contributed by atoms with Crippen molar-refractivity contribution in [1.29, 1.82) is 0 Å². The molecule has 0 spiro atoms. The minimum Gasteiger partial charge on any atom is -0.325 e. The molecule has 6 heteroatoms. The van der Waals surface area contributed by atoms with Crippen molar-refractivity contribution in [3.63, 3.8) is 0 Å². The van der Waals surface area contributed by atoms with Gasteiger partial charge in [-0.15, -0.1) is 0 Å². The van der Waals surface area contributed by atoms with Crippen molar-refractivity contribution in [2.45, 2.75) is 19.4 Å². The van der Waals surface area contributed by atoms with Crippen molar-refractivity contribution in [1.82, 2.24) is 10.2 Å². The maximum atomic E-state index is 12.7. The third-order valence-corrected chi connectivity index (χ3v) is 4.26. The van der Waals surface area contributed by atoms with E-state index in [-0.39, 0.29) is 6.54 Å². The van der Waals surface area contributed by atoms with Gasteiger partial charge < -0.3 is 10.6 Å². The number of rotatable bonds is 4. The van der Waals surface area contributed by atoms with Crippen LogP contribution >= 0.6 is 0 Å². The number of carbonyl (C=O) groups is 3. The number of nitrogens with one attached hydrogen (secondary N) is 2. The number of aryl methyl sites for hydroxylation is 1. The van der Waals surface area contributed by atoms with E-state index in [4.69, 9.17) is 0 Å². The number of urea groups is 1. The van der Waals surface area contributed by atoms with E-state index in [1.807, 2.05) is 25.1 Å². The summed E-state index contributed by atoms with van der Waals surface area (Å²) in [5.41, 5.74) is 1.21. The Bertz CT molecular complexity index is 818. The lowest BCUT2D eigenvalue weighted by Gasteiger charge is -2.22. The summed E-state index contributed by atoms with van der Waals surface area (Å²) >= 11 is 0. The van der Waals surface area contributed by atoms with E-state index < -0.39 is 23.4 Å². The summed E-state index contributed by atoms with van der Waals surface area (Å²) in [6, 6.07) is 15.7. The molecule has 1 aliphatic heterocycles. The molecule has 3 rings (SSSR count). The van der Waals surface area contributed by atoms with Gasteiger partial charge in [0.25, 0.3) is 5.91 Å². The highest BCUT2D eigenvalue weighted by Gasteiger charge is 2.49. The van der Waals surface area contributed by atoms with Crippen LogP contribution in [0.5, 0.6) is 0 Å². The van der Waals surface area contributed by atoms with Gasteiger partial charge in [0.1, 0.15) is 12.1 Å². The van der Waals surface area contributed by atoms with Crippen LogP contribution in [0.1, 0.15) is 18.1 Å². The molecule has 1 aliphatic rings. The van der Waals surface area contributed by atoms with E-state index in [2.05, 4.69) is 10.6 Å². The van der Waals surface area contributed by atoms with Crippen molar-refractivity contribution in [3.05, 3.63) is 65.7 Å². The molecule has 0 aromatic heterocycles. The van der Waals surface area contributed by atoms with E-state index in [0.29, 0.717) is 11.3 Å². The summed E-state index contributed by atoms with van der Waals surface area (Å²) in [4.78, 5) is 38.1. The summed E-state index contributed by atoms with van der Waals surface area (Å²) in [7, 11) is 0. The van der Waals surface area contributed by atoms with Gasteiger partial charge in [-0.1, -0.05) is 48.0 Å². The summed E-state index contributed by atoms with van der Waals surface area (Å²) in [6.07, 6.45) is 0. The van der Waals surface area contributed by atoms with Crippen molar-refractivity contribution in [2.24, 2.45) is 0 Å². The number of hydrogen-bond acceptors (Lipinski definition) is 3. The Kier molecular flexibility index (Phi) is 4.27. The Morgan fingerprint density at radius 1 is 1.08 bits per heavy atom.